The number of benzene rings is 1. The quantitative estimate of drug-likeness (QED) is 0.679. The highest BCUT2D eigenvalue weighted by molar-refractivity contribution is 5.76. The lowest BCUT2D eigenvalue weighted by atomic mass is 10.1. The molecule has 0 unspecified atom stereocenters. The minimum absolute atomic E-state index is 0.123. The van der Waals surface area contributed by atoms with Crippen molar-refractivity contribution in [2.45, 2.75) is 33.2 Å². The Kier molecular flexibility index (Phi) is 5.36. The number of nitrogens with zero attached hydrogens (tertiary/aromatic N) is 5. The number of aryl methyl sites for hydroxylation is 2. The third-order valence-corrected chi connectivity index (χ3v) is 4.75. The van der Waals surface area contributed by atoms with Gasteiger partial charge in [0.2, 0.25) is 5.91 Å². The fourth-order valence-electron chi connectivity index (χ4n) is 3.17. The van der Waals surface area contributed by atoms with Gasteiger partial charge in [0.05, 0.1) is 6.20 Å². The number of fused-ring (bicyclic) bond motifs is 1. The van der Waals surface area contributed by atoms with Gasteiger partial charge in [0, 0.05) is 31.4 Å². The third kappa shape index (κ3) is 3.69. The number of hydrogen-bond donors (Lipinski definition) is 0. The van der Waals surface area contributed by atoms with Crippen LogP contribution in [0.2, 0.25) is 0 Å². The molecule has 0 fully saturated rings. The number of nitriles is 1. The minimum atomic E-state index is -0.931. The summed E-state index contributed by atoms with van der Waals surface area (Å²) < 4.78 is 28.0. The van der Waals surface area contributed by atoms with Crippen molar-refractivity contribution in [3.63, 3.8) is 0 Å². The Morgan fingerprint density at radius 1 is 1.29 bits per heavy atom. The summed E-state index contributed by atoms with van der Waals surface area (Å²) >= 11 is 0. The molecule has 0 aliphatic carbocycles. The molecule has 0 spiro atoms. The van der Waals surface area contributed by atoms with E-state index in [1.54, 1.807) is 11.6 Å². The van der Waals surface area contributed by atoms with Crippen LogP contribution in [0.1, 0.15) is 34.5 Å². The van der Waals surface area contributed by atoms with E-state index in [2.05, 4.69) is 16.2 Å². The summed E-state index contributed by atoms with van der Waals surface area (Å²) in [6.45, 7) is 3.91. The van der Waals surface area contributed by atoms with Crippen LogP contribution in [-0.2, 0) is 17.8 Å². The molecule has 0 atom stereocenters. The molecule has 0 saturated heterocycles. The number of carbonyl (C=O) groups is 1. The molecule has 0 N–H and O–H groups in total. The zero-order valence-electron chi connectivity index (χ0n) is 15.8. The molecule has 0 saturated carbocycles. The Bertz CT molecular complexity index is 1100. The second-order valence-corrected chi connectivity index (χ2v) is 6.66. The Balaban J connectivity index is 1.71. The van der Waals surface area contributed by atoms with Crippen LogP contribution in [0.5, 0.6) is 0 Å². The van der Waals surface area contributed by atoms with E-state index in [1.807, 2.05) is 13.8 Å². The first-order chi connectivity index (χ1) is 13.3. The molecular weight excluding hydrogens is 364 g/mol. The van der Waals surface area contributed by atoms with Gasteiger partial charge in [-0.2, -0.15) is 10.4 Å². The highest BCUT2D eigenvalue weighted by atomic mass is 19.2. The average molecular weight is 383 g/mol. The van der Waals surface area contributed by atoms with Gasteiger partial charge < -0.3 is 4.90 Å². The van der Waals surface area contributed by atoms with E-state index < -0.39 is 11.6 Å². The van der Waals surface area contributed by atoms with Crippen LogP contribution in [0, 0.1) is 36.8 Å². The normalized spacial score (nSPS) is 10.9. The van der Waals surface area contributed by atoms with Crippen LogP contribution in [0.15, 0.2) is 24.4 Å². The minimum Gasteiger partial charge on any atom is -0.341 e. The van der Waals surface area contributed by atoms with Gasteiger partial charge in [-0.25, -0.2) is 18.3 Å². The van der Waals surface area contributed by atoms with Gasteiger partial charge >= 0.3 is 0 Å². The van der Waals surface area contributed by atoms with Gasteiger partial charge in [-0.05, 0) is 43.5 Å². The summed E-state index contributed by atoms with van der Waals surface area (Å²) in [5.74, 6) is -1.97. The maximum atomic E-state index is 13.3. The molecule has 2 heterocycles. The van der Waals surface area contributed by atoms with Crippen LogP contribution in [-0.4, -0.2) is 32.5 Å². The largest absolute Gasteiger partial charge is 0.341 e. The van der Waals surface area contributed by atoms with Crippen LogP contribution in [0.4, 0.5) is 8.78 Å². The summed E-state index contributed by atoms with van der Waals surface area (Å²) in [5.41, 5.74) is 3.90. The molecule has 6 nitrogen and oxygen atoms in total. The lowest BCUT2D eigenvalue weighted by Crippen LogP contribution is -2.26. The molecule has 3 aromatic rings. The maximum absolute atomic E-state index is 13.3. The number of carbonyl (C=O) groups excluding carboxylic acids is 1. The zero-order chi connectivity index (χ0) is 20.4. The molecule has 0 aliphatic heterocycles. The van der Waals surface area contributed by atoms with E-state index in [-0.39, 0.29) is 18.9 Å². The van der Waals surface area contributed by atoms with E-state index in [1.165, 1.54) is 17.2 Å². The maximum Gasteiger partial charge on any atom is 0.222 e. The topological polar surface area (TPSA) is 74.3 Å². The first-order valence-electron chi connectivity index (χ1n) is 8.73. The lowest BCUT2D eigenvalue weighted by Gasteiger charge is -2.18. The predicted molar refractivity (Wildman–Crippen MR) is 98.3 cm³/mol. The number of aromatic nitrogens is 3. The van der Waals surface area contributed by atoms with Crippen molar-refractivity contribution in [1.82, 2.24) is 19.5 Å². The van der Waals surface area contributed by atoms with Crippen molar-refractivity contribution < 1.29 is 13.6 Å². The SMILES string of the molecule is Cc1nc2c(C#N)cnn2c(C)c1CCC(=O)N(C)Cc1ccc(F)c(F)c1. The van der Waals surface area contributed by atoms with Gasteiger partial charge in [-0.3, -0.25) is 4.79 Å². The summed E-state index contributed by atoms with van der Waals surface area (Å²) in [6.07, 6.45) is 2.17. The average Bonchev–Trinajstić information content (AvgIpc) is 3.07. The Morgan fingerprint density at radius 2 is 2.04 bits per heavy atom. The van der Waals surface area contributed by atoms with Crippen molar-refractivity contribution in [2.24, 2.45) is 0 Å². The van der Waals surface area contributed by atoms with E-state index in [0.717, 1.165) is 29.1 Å². The standard InChI is InChI=1S/C20H19F2N5O/c1-12-16(13(2)27-20(25-12)15(9-23)10-24-27)5-7-19(28)26(3)11-14-4-6-17(21)18(22)8-14/h4,6,8,10H,5,7,11H2,1-3H3. The Labute approximate surface area is 161 Å². The molecule has 1 amide bonds. The van der Waals surface area contributed by atoms with Crippen LogP contribution >= 0.6 is 0 Å². The molecule has 28 heavy (non-hydrogen) atoms. The van der Waals surface area contributed by atoms with Crippen LogP contribution in [0.3, 0.4) is 0 Å². The Morgan fingerprint density at radius 3 is 2.71 bits per heavy atom. The van der Waals surface area contributed by atoms with Crippen molar-refractivity contribution in [2.75, 3.05) is 7.05 Å². The molecule has 0 bridgehead atoms. The Hall–Kier alpha value is -3.34. The number of amides is 1. The molecule has 1 aromatic carbocycles. The molecule has 0 radical (unpaired) electrons. The van der Waals surface area contributed by atoms with E-state index in [9.17, 15) is 13.6 Å². The summed E-state index contributed by atoms with van der Waals surface area (Å²) in [5, 5.41) is 13.3. The molecular formula is C20H19F2N5O. The van der Waals surface area contributed by atoms with Crippen molar-refractivity contribution in [3.8, 4) is 6.07 Å². The van der Waals surface area contributed by atoms with E-state index in [4.69, 9.17) is 5.26 Å². The summed E-state index contributed by atoms with van der Waals surface area (Å²) in [4.78, 5) is 18.4. The van der Waals surface area contributed by atoms with E-state index in [0.29, 0.717) is 23.2 Å². The first-order valence-corrected chi connectivity index (χ1v) is 8.73. The van der Waals surface area contributed by atoms with Gasteiger partial charge in [0.15, 0.2) is 17.3 Å². The smallest absolute Gasteiger partial charge is 0.222 e. The fraction of sp³-hybridized carbons (Fsp3) is 0.300. The number of hydrogen-bond acceptors (Lipinski definition) is 4. The van der Waals surface area contributed by atoms with Crippen LogP contribution in [0.25, 0.3) is 5.65 Å². The second kappa shape index (κ2) is 7.72. The van der Waals surface area contributed by atoms with Crippen molar-refractivity contribution in [1.29, 1.82) is 5.26 Å². The summed E-state index contributed by atoms with van der Waals surface area (Å²) in [7, 11) is 1.62. The molecule has 0 aliphatic rings. The molecule has 2 aromatic heterocycles. The molecule has 8 heteroatoms. The second-order valence-electron chi connectivity index (χ2n) is 6.66. The highest BCUT2D eigenvalue weighted by Gasteiger charge is 2.16. The first kappa shape index (κ1) is 19.4. The summed E-state index contributed by atoms with van der Waals surface area (Å²) in [6, 6.07) is 5.66. The van der Waals surface area contributed by atoms with Gasteiger partial charge in [-0.1, -0.05) is 6.07 Å². The predicted octanol–water partition coefficient (Wildman–Crippen LogP) is 3.09. The van der Waals surface area contributed by atoms with E-state index >= 15 is 0 Å². The zero-order valence-corrected chi connectivity index (χ0v) is 15.8. The lowest BCUT2D eigenvalue weighted by molar-refractivity contribution is -0.130. The molecule has 144 valence electrons. The monoisotopic (exact) mass is 383 g/mol. The van der Waals surface area contributed by atoms with Crippen molar-refractivity contribution >= 4 is 11.6 Å². The highest BCUT2D eigenvalue weighted by Crippen LogP contribution is 2.19. The number of rotatable bonds is 5. The van der Waals surface area contributed by atoms with Gasteiger partial charge in [0.1, 0.15) is 11.6 Å². The number of halogens is 2. The third-order valence-electron chi connectivity index (χ3n) is 4.75. The van der Waals surface area contributed by atoms with Gasteiger partial charge in [-0.15, -0.1) is 0 Å². The molecule has 3 rings (SSSR count). The van der Waals surface area contributed by atoms with Crippen LogP contribution < -0.4 is 0 Å². The van der Waals surface area contributed by atoms with Crippen molar-refractivity contribution in [3.05, 3.63) is 64.1 Å². The fourth-order valence-corrected chi connectivity index (χ4v) is 3.17. The van der Waals surface area contributed by atoms with Gasteiger partial charge in [0.25, 0.3) is 0 Å².